The molecule has 0 unspecified atom stereocenters. The quantitative estimate of drug-likeness (QED) is 0.790. The molecule has 4 heteroatoms. The van der Waals surface area contributed by atoms with Crippen LogP contribution in [0, 0.1) is 5.92 Å². The molecule has 1 fully saturated rings. The first-order valence-electron chi connectivity index (χ1n) is 5.85. The Kier molecular flexibility index (Phi) is 3.74. The molecular formula is C12H19N3O. The van der Waals surface area contributed by atoms with E-state index in [2.05, 4.69) is 9.88 Å². The molecule has 88 valence electrons. The van der Waals surface area contributed by atoms with Crippen LogP contribution in [0.5, 0.6) is 0 Å². The van der Waals surface area contributed by atoms with Crippen molar-refractivity contribution in [1.29, 1.82) is 0 Å². The fraction of sp³-hybridized carbons (Fsp3) is 0.583. The maximum absolute atomic E-state index is 9.09. The molecule has 0 bridgehead atoms. The Balaban J connectivity index is 2.07. The van der Waals surface area contributed by atoms with Gasteiger partial charge in [-0.1, -0.05) is 6.07 Å². The molecule has 0 radical (unpaired) electrons. The van der Waals surface area contributed by atoms with E-state index in [9.17, 15) is 0 Å². The molecule has 0 spiro atoms. The number of pyridine rings is 1. The molecule has 2 rings (SSSR count). The molecule has 0 aromatic carbocycles. The number of aliphatic hydroxyl groups is 1. The second-order valence-corrected chi connectivity index (χ2v) is 4.30. The molecule has 0 amide bonds. The van der Waals surface area contributed by atoms with E-state index in [1.54, 1.807) is 0 Å². The summed E-state index contributed by atoms with van der Waals surface area (Å²) in [4.78, 5) is 6.68. The van der Waals surface area contributed by atoms with Gasteiger partial charge in [0.05, 0.1) is 0 Å². The number of aliphatic hydroxyl groups excluding tert-OH is 1. The predicted octanol–water partition coefficient (Wildman–Crippen LogP) is 0.749. The summed E-state index contributed by atoms with van der Waals surface area (Å²) in [6.07, 6.45) is 3.89. The fourth-order valence-electron chi connectivity index (χ4n) is 2.20. The monoisotopic (exact) mass is 221 g/mol. The minimum Gasteiger partial charge on any atom is -0.396 e. The van der Waals surface area contributed by atoms with Crippen LogP contribution in [0.3, 0.4) is 0 Å². The Labute approximate surface area is 96.1 Å². The van der Waals surface area contributed by atoms with Crippen molar-refractivity contribution in [2.24, 2.45) is 11.7 Å². The van der Waals surface area contributed by atoms with Crippen LogP contribution < -0.4 is 10.6 Å². The first-order chi connectivity index (χ1) is 7.85. The molecule has 1 aromatic rings. The van der Waals surface area contributed by atoms with E-state index in [4.69, 9.17) is 10.8 Å². The molecule has 1 aliphatic heterocycles. The van der Waals surface area contributed by atoms with Gasteiger partial charge in [0.2, 0.25) is 0 Å². The van der Waals surface area contributed by atoms with Gasteiger partial charge in [0, 0.05) is 38.0 Å². The van der Waals surface area contributed by atoms with Gasteiger partial charge in [0.15, 0.2) is 0 Å². The maximum Gasteiger partial charge on any atom is 0.132 e. The summed E-state index contributed by atoms with van der Waals surface area (Å²) in [5.74, 6) is 1.47. The van der Waals surface area contributed by atoms with E-state index in [1.165, 1.54) is 0 Å². The number of rotatable bonds is 3. The second-order valence-electron chi connectivity index (χ2n) is 4.30. The van der Waals surface area contributed by atoms with Gasteiger partial charge in [-0.3, -0.25) is 0 Å². The van der Waals surface area contributed by atoms with Crippen molar-refractivity contribution >= 4 is 5.82 Å². The molecule has 3 N–H and O–H groups in total. The summed E-state index contributed by atoms with van der Waals surface area (Å²) < 4.78 is 0. The van der Waals surface area contributed by atoms with Crippen LogP contribution in [-0.2, 0) is 6.54 Å². The summed E-state index contributed by atoms with van der Waals surface area (Å²) in [6, 6.07) is 3.95. The molecule has 2 heterocycles. The summed E-state index contributed by atoms with van der Waals surface area (Å²) in [6.45, 7) is 2.77. The Hall–Kier alpha value is -1.13. The molecule has 4 nitrogen and oxygen atoms in total. The van der Waals surface area contributed by atoms with Gasteiger partial charge in [-0.2, -0.15) is 0 Å². The smallest absolute Gasteiger partial charge is 0.132 e. The Morgan fingerprint density at radius 2 is 2.19 bits per heavy atom. The van der Waals surface area contributed by atoms with Crippen molar-refractivity contribution in [3.63, 3.8) is 0 Å². The van der Waals surface area contributed by atoms with Crippen LogP contribution in [0.25, 0.3) is 0 Å². The zero-order valence-electron chi connectivity index (χ0n) is 9.47. The van der Waals surface area contributed by atoms with E-state index < -0.39 is 0 Å². The molecule has 0 saturated carbocycles. The fourth-order valence-corrected chi connectivity index (χ4v) is 2.20. The molecule has 0 aliphatic carbocycles. The Morgan fingerprint density at radius 3 is 2.81 bits per heavy atom. The lowest BCUT2D eigenvalue weighted by Gasteiger charge is -2.33. The number of nitrogens with two attached hydrogens (primary N) is 1. The Bertz CT molecular complexity index is 335. The summed E-state index contributed by atoms with van der Waals surface area (Å²) in [5.41, 5.74) is 6.81. The first-order valence-corrected chi connectivity index (χ1v) is 5.85. The summed E-state index contributed by atoms with van der Waals surface area (Å²) in [7, 11) is 0. The van der Waals surface area contributed by atoms with Gasteiger partial charge >= 0.3 is 0 Å². The van der Waals surface area contributed by atoms with Crippen LogP contribution in [0.15, 0.2) is 18.3 Å². The van der Waals surface area contributed by atoms with Gasteiger partial charge in [-0.15, -0.1) is 0 Å². The topological polar surface area (TPSA) is 62.4 Å². The van der Waals surface area contributed by atoms with E-state index in [0.29, 0.717) is 19.1 Å². The molecule has 1 aromatic heterocycles. The van der Waals surface area contributed by atoms with Gasteiger partial charge < -0.3 is 15.7 Å². The lowest BCUT2D eigenvalue weighted by atomic mass is 9.97. The van der Waals surface area contributed by atoms with Crippen molar-refractivity contribution in [3.05, 3.63) is 23.9 Å². The highest BCUT2D eigenvalue weighted by molar-refractivity contribution is 5.46. The van der Waals surface area contributed by atoms with Crippen LogP contribution >= 0.6 is 0 Å². The standard InChI is InChI=1S/C12H19N3O/c13-8-11-2-1-5-14-12(11)15-6-3-10(9-16)4-7-15/h1-2,5,10,16H,3-4,6-9,13H2. The van der Waals surface area contributed by atoms with Gasteiger partial charge in [0.1, 0.15) is 5.82 Å². The van der Waals surface area contributed by atoms with Crippen molar-refractivity contribution in [2.45, 2.75) is 19.4 Å². The Morgan fingerprint density at radius 1 is 1.44 bits per heavy atom. The molecule has 1 saturated heterocycles. The van der Waals surface area contributed by atoms with Crippen molar-refractivity contribution in [1.82, 2.24) is 4.98 Å². The average molecular weight is 221 g/mol. The van der Waals surface area contributed by atoms with Crippen LogP contribution in [0.2, 0.25) is 0 Å². The highest BCUT2D eigenvalue weighted by Gasteiger charge is 2.20. The van der Waals surface area contributed by atoms with E-state index in [-0.39, 0.29) is 0 Å². The number of anilines is 1. The number of hydrogen-bond donors (Lipinski definition) is 2. The third-order valence-electron chi connectivity index (χ3n) is 3.26. The highest BCUT2D eigenvalue weighted by atomic mass is 16.3. The van der Waals surface area contributed by atoms with Crippen molar-refractivity contribution < 1.29 is 5.11 Å². The number of nitrogens with zero attached hydrogens (tertiary/aromatic N) is 2. The van der Waals surface area contributed by atoms with Gasteiger partial charge in [-0.25, -0.2) is 4.98 Å². The third kappa shape index (κ3) is 2.33. The average Bonchev–Trinajstić information content (AvgIpc) is 2.39. The molecule has 0 atom stereocenters. The minimum atomic E-state index is 0.305. The summed E-state index contributed by atoms with van der Waals surface area (Å²) >= 11 is 0. The van der Waals surface area contributed by atoms with E-state index in [1.807, 2.05) is 18.3 Å². The SMILES string of the molecule is NCc1cccnc1N1CCC(CO)CC1. The van der Waals surface area contributed by atoms with Crippen molar-refractivity contribution in [2.75, 3.05) is 24.6 Å². The van der Waals surface area contributed by atoms with Crippen LogP contribution in [0.4, 0.5) is 5.82 Å². The largest absolute Gasteiger partial charge is 0.396 e. The highest BCUT2D eigenvalue weighted by Crippen LogP contribution is 2.23. The first kappa shape index (κ1) is 11.4. The number of hydrogen-bond acceptors (Lipinski definition) is 4. The zero-order valence-corrected chi connectivity index (χ0v) is 9.47. The normalized spacial score (nSPS) is 17.8. The molecule has 1 aliphatic rings. The van der Waals surface area contributed by atoms with Gasteiger partial charge in [0.25, 0.3) is 0 Å². The number of aromatic nitrogens is 1. The van der Waals surface area contributed by atoms with E-state index in [0.717, 1.165) is 37.3 Å². The van der Waals surface area contributed by atoms with Crippen LogP contribution in [0.1, 0.15) is 18.4 Å². The molecule has 16 heavy (non-hydrogen) atoms. The maximum atomic E-state index is 9.09. The summed E-state index contributed by atoms with van der Waals surface area (Å²) in [5, 5.41) is 9.09. The molecular weight excluding hydrogens is 202 g/mol. The second kappa shape index (κ2) is 5.27. The predicted molar refractivity (Wildman–Crippen MR) is 64.2 cm³/mol. The minimum absolute atomic E-state index is 0.305. The van der Waals surface area contributed by atoms with Crippen molar-refractivity contribution in [3.8, 4) is 0 Å². The lowest BCUT2D eigenvalue weighted by Crippen LogP contribution is -2.36. The van der Waals surface area contributed by atoms with Crippen LogP contribution in [-0.4, -0.2) is 29.8 Å². The van der Waals surface area contributed by atoms with Gasteiger partial charge in [-0.05, 0) is 24.8 Å². The lowest BCUT2D eigenvalue weighted by molar-refractivity contribution is 0.202. The zero-order chi connectivity index (χ0) is 11.4. The third-order valence-corrected chi connectivity index (χ3v) is 3.26. The van der Waals surface area contributed by atoms with E-state index >= 15 is 0 Å². The number of piperidine rings is 1.